The summed E-state index contributed by atoms with van der Waals surface area (Å²) in [5, 5.41) is 8.03. The molecule has 0 spiro atoms. The summed E-state index contributed by atoms with van der Waals surface area (Å²) in [6.07, 6.45) is 0. The lowest BCUT2D eigenvalue weighted by molar-refractivity contribution is 0.510. The van der Waals surface area contributed by atoms with Crippen LogP contribution in [0.2, 0.25) is 0 Å². The summed E-state index contributed by atoms with van der Waals surface area (Å²) in [5.41, 5.74) is -0.0852. The van der Waals surface area contributed by atoms with Crippen molar-refractivity contribution in [1.82, 2.24) is 4.98 Å². The largest absolute Gasteiger partial charge is 0.231 e. The van der Waals surface area contributed by atoms with Gasteiger partial charge < -0.3 is 0 Å². The van der Waals surface area contributed by atoms with Gasteiger partial charge in [0.2, 0.25) is 11.9 Å². The van der Waals surface area contributed by atoms with E-state index in [1.165, 1.54) is 6.07 Å². The van der Waals surface area contributed by atoms with E-state index in [1.807, 2.05) is 5.92 Å². The molecule has 0 atom stereocenters. The molecule has 58 valence electrons. The predicted octanol–water partition coefficient (Wildman–Crippen LogP) is 1.23. The number of nitrogens with zero attached hydrogens (tertiary/aromatic N) is 2. The van der Waals surface area contributed by atoms with Crippen molar-refractivity contribution in [3.05, 3.63) is 29.6 Å². The quantitative estimate of drug-likeness (QED) is 0.427. The molecule has 0 aliphatic rings. The first kappa shape index (κ1) is 8.16. The summed E-state index contributed by atoms with van der Waals surface area (Å²) in [5.74, 6) is 2.24. The van der Waals surface area contributed by atoms with Crippen LogP contribution in [0.15, 0.2) is 12.1 Å². The molecule has 4 heteroatoms. The van der Waals surface area contributed by atoms with E-state index in [0.29, 0.717) is 0 Å². The van der Waals surface area contributed by atoms with Gasteiger partial charge in [-0.05, 0) is 18.1 Å². The SMILES string of the molecule is N#CC#Cc1ccc(F)nc1F. The first-order valence-electron chi connectivity index (χ1n) is 2.96. The molecule has 0 radical (unpaired) electrons. The molecule has 0 aromatic carbocycles. The number of hydrogen-bond acceptors (Lipinski definition) is 2. The first-order chi connectivity index (χ1) is 5.74. The number of rotatable bonds is 0. The van der Waals surface area contributed by atoms with E-state index in [2.05, 4.69) is 10.9 Å². The van der Waals surface area contributed by atoms with E-state index in [1.54, 1.807) is 0 Å². The lowest BCUT2D eigenvalue weighted by atomic mass is 10.3. The van der Waals surface area contributed by atoms with Crippen LogP contribution in [0.4, 0.5) is 8.78 Å². The molecule has 0 unspecified atom stereocenters. The maximum absolute atomic E-state index is 12.6. The maximum atomic E-state index is 12.6. The molecular formula is C8H2F2N2. The fourth-order valence-electron chi connectivity index (χ4n) is 0.601. The summed E-state index contributed by atoms with van der Waals surface area (Å²) in [7, 11) is 0. The fraction of sp³-hybridized carbons (Fsp3) is 0. The van der Waals surface area contributed by atoms with Gasteiger partial charge in [-0.1, -0.05) is 0 Å². The standard InChI is InChI=1S/C8H2F2N2/c9-7-4-3-6(2-1-5-11)8(10)12-7/h3-4H. The predicted molar refractivity (Wildman–Crippen MR) is 36.6 cm³/mol. The van der Waals surface area contributed by atoms with Gasteiger partial charge in [-0.25, -0.2) is 0 Å². The molecule has 0 aliphatic heterocycles. The summed E-state index contributed by atoms with van der Waals surface area (Å²) in [4.78, 5) is 2.88. The van der Waals surface area contributed by atoms with Crippen molar-refractivity contribution in [3.8, 4) is 17.9 Å². The Balaban J connectivity index is 3.12. The van der Waals surface area contributed by atoms with Gasteiger partial charge in [0.05, 0.1) is 5.56 Å². The Kier molecular flexibility index (Phi) is 2.35. The molecule has 0 amide bonds. The van der Waals surface area contributed by atoms with Gasteiger partial charge in [-0.2, -0.15) is 19.0 Å². The number of halogens is 2. The molecular weight excluding hydrogens is 162 g/mol. The molecule has 1 aromatic heterocycles. The second-order valence-corrected chi connectivity index (χ2v) is 1.83. The highest BCUT2D eigenvalue weighted by Crippen LogP contribution is 2.02. The van der Waals surface area contributed by atoms with E-state index in [4.69, 9.17) is 5.26 Å². The molecule has 1 rings (SSSR count). The topological polar surface area (TPSA) is 36.7 Å². The van der Waals surface area contributed by atoms with Crippen LogP contribution in [0, 0.1) is 35.1 Å². The Hall–Kier alpha value is -1.94. The minimum Gasteiger partial charge on any atom is -0.189 e. The summed E-state index contributed by atoms with van der Waals surface area (Å²) in [6.45, 7) is 0. The van der Waals surface area contributed by atoms with Gasteiger partial charge in [-0.15, -0.1) is 0 Å². The lowest BCUT2D eigenvalue weighted by Crippen LogP contribution is -1.91. The van der Waals surface area contributed by atoms with Crippen LogP contribution < -0.4 is 0 Å². The monoisotopic (exact) mass is 164 g/mol. The molecule has 0 saturated carbocycles. The van der Waals surface area contributed by atoms with Crippen molar-refractivity contribution >= 4 is 0 Å². The Morgan fingerprint density at radius 2 is 2.08 bits per heavy atom. The molecule has 0 N–H and O–H groups in total. The molecule has 0 fully saturated rings. The van der Waals surface area contributed by atoms with E-state index >= 15 is 0 Å². The van der Waals surface area contributed by atoms with Crippen molar-refractivity contribution in [2.45, 2.75) is 0 Å². The number of nitriles is 1. The molecule has 1 heterocycles. The highest BCUT2D eigenvalue weighted by molar-refractivity contribution is 5.36. The van der Waals surface area contributed by atoms with Gasteiger partial charge >= 0.3 is 0 Å². The zero-order chi connectivity index (χ0) is 8.97. The summed E-state index contributed by atoms with van der Waals surface area (Å²) >= 11 is 0. The third-order valence-electron chi connectivity index (χ3n) is 1.07. The van der Waals surface area contributed by atoms with Crippen molar-refractivity contribution < 1.29 is 8.78 Å². The van der Waals surface area contributed by atoms with Gasteiger partial charge in [0.25, 0.3) is 0 Å². The zero-order valence-electron chi connectivity index (χ0n) is 5.81. The average molecular weight is 164 g/mol. The Morgan fingerprint density at radius 1 is 1.33 bits per heavy atom. The highest BCUT2D eigenvalue weighted by Gasteiger charge is 2.01. The van der Waals surface area contributed by atoms with Crippen LogP contribution in [-0.4, -0.2) is 4.98 Å². The van der Waals surface area contributed by atoms with Crippen molar-refractivity contribution in [2.24, 2.45) is 0 Å². The van der Waals surface area contributed by atoms with E-state index < -0.39 is 11.9 Å². The Labute approximate surface area is 67.5 Å². The molecule has 12 heavy (non-hydrogen) atoms. The zero-order valence-corrected chi connectivity index (χ0v) is 5.81. The number of hydrogen-bond donors (Lipinski definition) is 0. The van der Waals surface area contributed by atoms with Crippen LogP contribution in [0.5, 0.6) is 0 Å². The third kappa shape index (κ3) is 1.77. The minimum absolute atomic E-state index is 0.0852. The lowest BCUT2D eigenvalue weighted by Gasteiger charge is -1.90. The number of pyridine rings is 1. The van der Waals surface area contributed by atoms with Crippen molar-refractivity contribution in [3.63, 3.8) is 0 Å². The maximum Gasteiger partial charge on any atom is 0.231 e. The Bertz CT molecular complexity index is 396. The summed E-state index contributed by atoms with van der Waals surface area (Å²) < 4.78 is 24.8. The third-order valence-corrected chi connectivity index (χ3v) is 1.07. The normalized spacial score (nSPS) is 8.08. The van der Waals surface area contributed by atoms with Crippen LogP contribution in [0.25, 0.3) is 0 Å². The Morgan fingerprint density at radius 3 is 2.67 bits per heavy atom. The van der Waals surface area contributed by atoms with Crippen molar-refractivity contribution in [2.75, 3.05) is 0 Å². The van der Waals surface area contributed by atoms with E-state index in [0.717, 1.165) is 12.1 Å². The van der Waals surface area contributed by atoms with Gasteiger partial charge in [0, 0.05) is 5.92 Å². The van der Waals surface area contributed by atoms with Crippen LogP contribution in [0.3, 0.4) is 0 Å². The van der Waals surface area contributed by atoms with E-state index in [-0.39, 0.29) is 5.56 Å². The van der Waals surface area contributed by atoms with Gasteiger partial charge in [0.1, 0.15) is 0 Å². The molecule has 0 aliphatic carbocycles. The van der Waals surface area contributed by atoms with Crippen LogP contribution in [0.1, 0.15) is 5.56 Å². The molecule has 0 bridgehead atoms. The second-order valence-electron chi connectivity index (χ2n) is 1.83. The molecule has 2 nitrogen and oxygen atoms in total. The molecule has 0 saturated heterocycles. The van der Waals surface area contributed by atoms with Gasteiger partial charge in [0.15, 0.2) is 6.07 Å². The summed E-state index contributed by atoms with van der Waals surface area (Å²) in [6, 6.07) is 3.61. The van der Waals surface area contributed by atoms with E-state index in [9.17, 15) is 8.78 Å². The average Bonchev–Trinajstić information content (AvgIpc) is 2.03. The first-order valence-corrected chi connectivity index (χ1v) is 2.96. The van der Waals surface area contributed by atoms with Crippen molar-refractivity contribution in [1.29, 1.82) is 5.26 Å². The second kappa shape index (κ2) is 3.45. The van der Waals surface area contributed by atoms with Gasteiger partial charge in [-0.3, -0.25) is 0 Å². The molecule has 1 aromatic rings. The number of aromatic nitrogens is 1. The minimum atomic E-state index is -1.00. The van der Waals surface area contributed by atoms with Crippen LogP contribution >= 0.6 is 0 Å². The fourth-order valence-corrected chi connectivity index (χ4v) is 0.601. The highest BCUT2D eigenvalue weighted by atomic mass is 19.1. The smallest absolute Gasteiger partial charge is 0.189 e. The van der Waals surface area contributed by atoms with Crippen LogP contribution in [-0.2, 0) is 0 Å².